The SMILES string of the molecule is CCn1nc(C(=O)NCC2(O)CCC(S(C)(=O)=O)CC2O)c(Cl)c1-c1ccc(CCC(F)(F)F)cc1OC(F)F. The van der Waals surface area contributed by atoms with E-state index in [9.17, 15) is 45.4 Å². The Labute approximate surface area is 232 Å². The number of ether oxygens (including phenoxy) is 1. The molecule has 1 aliphatic rings. The molecule has 3 rings (SSSR count). The van der Waals surface area contributed by atoms with Crippen molar-refractivity contribution in [3.63, 3.8) is 0 Å². The summed E-state index contributed by atoms with van der Waals surface area (Å²) in [5, 5.41) is 26.7. The van der Waals surface area contributed by atoms with Gasteiger partial charge in [0.1, 0.15) is 21.2 Å². The fourth-order valence-electron chi connectivity index (χ4n) is 4.54. The highest BCUT2D eigenvalue weighted by atomic mass is 35.5. The first-order valence-corrected chi connectivity index (χ1v) is 14.6. The Morgan fingerprint density at radius 3 is 2.58 bits per heavy atom. The quantitative estimate of drug-likeness (QED) is 0.346. The zero-order valence-corrected chi connectivity index (χ0v) is 23.1. The highest BCUT2D eigenvalue weighted by Gasteiger charge is 2.44. The van der Waals surface area contributed by atoms with Crippen molar-refractivity contribution < 1.29 is 50.1 Å². The maximum absolute atomic E-state index is 13.2. The van der Waals surface area contributed by atoms with Gasteiger partial charge in [-0.15, -0.1) is 0 Å². The molecule has 0 bridgehead atoms. The molecule has 2 aromatic rings. The van der Waals surface area contributed by atoms with Gasteiger partial charge in [-0.3, -0.25) is 9.48 Å². The second-order valence-electron chi connectivity index (χ2n) is 9.68. The van der Waals surface area contributed by atoms with Crippen molar-refractivity contribution in [1.82, 2.24) is 15.1 Å². The number of hydrogen-bond acceptors (Lipinski definition) is 7. The lowest BCUT2D eigenvalue weighted by Gasteiger charge is -2.39. The molecule has 1 saturated carbocycles. The van der Waals surface area contributed by atoms with E-state index < -0.39 is 70.6 Å². The van der Waals surface area contributed by atoms with Crippen LogP contribution in [0.15, 0.2) is 18.2 Å². The van der Waals surface area contributed by atoms with Gasteiger partial charge in [0.15, 0.2) is 5.69 Å². The Morgan fingerprint density at radius 2 is 2.02 bits per heavy atom. The minimum absolute atomic E-state index is 0.000236. The maximum Gasteiger partial charge on any atom is 0.389 e. The Hall–Kier alpha value is -2.49. The highest BCUT2D eigenvalue weighted by Crippen LogP contribution is 2.39. The van der Waals surface area contributed by atoms with Crippen molar-refractivity contribution in [2.24, 2.45) is 0 Å². The van der Waals surface area contributed by atoms with Crippen molar-refractivity contribution in [2.75, 3.05) is 12.8 Å². The molecule has 9 nitrogen and oxygen atoms in total. The van der Waals surface area contributed by atoms with E-state index in [0.717, 1.165) is 12.3 Å². The van der Waals surface area contributed by atoms with E-state index in [2.05, 4.69) is 15.2 Å². The zero-order chi connectivity index (χ0) is 30.0. The monoisotopic (exact) mass is 617 g/mol. The largest absolute Gasteiger partial charge is 0.434 e. The number of benzene rings is 1. The van der Waals surface area contributed by atoms with E-state index in [1.165, 1.54) is 16.8 Å². The molecule has 40 heavy (non-hydrogen) atoms. The number of aliphatic hydroxyl groups excluding tert-OH is 1. The van der Waals surface area contributed by atoms with Crippen LogP contribution in [0.2, 0.25) is 5.02 Å². The van der Waals surface area contributed by atoms with E-state index in [1.807, 2.05) is 0 Å². The number of nitrogens with one attached hydrogen (secondary N) is 1. The normalized spacial score (nSPS) is 22.0. The molecule has 1 aliphatic carbocycles. The summed E-state index contributed by atoms with van der Waals surface area (Å²) >= 11 is 6.45. The van der Waals surface area contributed by atoms with E-state index in [4.69, 9.17) is 11.6 Å². The molecule has 16 heteroatoms. The molecule has 0 spiro atoms. The molecule has 1 amide bonds. The number of aromatic nitrogens is 2. The number of amides is 1. The van der Waals surface area contributed by atoms with Crippen molar-refractivity contribution in [3.05, 3.63) is 34.5 Å². The smallest absolute Gasteiger partial charge is 0.389 e. The first-order valence-electron chi connectivity index (χ1n) is 12.2. The number of carbonyl (C=O) groups excluding carboxylic acids is 1. The summed E-state index contributed by atoms with van der Waals surface area (Å²) in [7, 11) is -3.44. The van der Waals surface area contributed by atoms with Crippen LogP contribution in [-0.2, 0) is 22.8 Å². The summed E-state index contributed by atoms with van der Waals surface area (Å²) in [4.78, 5) is 13.0. The van der Waals surface area contributed by atoms with Crippen LogP contribution in [-0.4, -0.2) is 76.9 Å². The molecular formula is C24H29ClF5N3O6S. The van der Waals surface area contributed by atoms with Gasteiger partial charge in [0.2, 0.25) is 0 Å². The molecule has 1 aromatic heterocycles. The summed E-state index contributed by atoms with van der Waals surface area (Å²) in [5.41, 5.74) is -2.11. The average molecular weight is 618 g/mol. The molecule has 1 aromatic carbocycles. The predicted octanol–water partition coefficient (Wildman–Crippen LogP) is 3.74. The van der Waals surface area contributed by atoms with E-state index in [0.29, 0.717) is 0 Å². The number of rotatable bonds is 10. The van der Waals surface area contributed by atoms with Crippen molar-refractivity contribution in [3.8, 4) is 17.0 Å². The third-order valence-corrected chi connectivity index (χ3v) is 8.79. The topological polar surface area (TPSA) is 131 Å². The molecule has 1 fully saturated rings. The molecule has 3 unspecified atom stereocenters. The number of nitrogens with zero attached hydrogens (tertiary/aromatic N) is 2. The van der Waals surface area contributed by atoms with Gasteiger partial charge < -0.3 is 20.3 Å². The first-order chi connectivity index (χ1) is 18.4. The Morgan fingerprint density at radius 1 is 1.35 bits per heavy atom. The van der Waals surface area contributed by atoms with E-state index >= 15 is 0 Å². The summed E-state index contributed by atoms with van der Waals surface area (Å²) < 4.78 is 93.7. The first kappa shape index (κ1) is 32.0. The van der Waals surface area contributed by atoms with E-state index in [-0.39, 0.29) is 53.3 Å². The van der Waals surface area contributed by atoms with Gasteiger partial charge in [-0.2, -0.15) is 27.1 Å². The van der Waals surface area contributed by atoms with Crippen LogP contribution < -0.4 is 10.1 Å². The summed E-state index contributed by atoms with van der Waals surface area (Å²) in [6.07, 6.45) is -6.75. The summed E-state index contributed by atoms with van der Waals surface area (Å²) in [6.45, 7) is -2.02. The summed E-state index contributed by atoms with van der Waals surface area (Å²) in [5.74, 6) is -1.33. The maximum atomic E-state index is 13.2. The standard InChI is InChI=1S/C24H29ClF5N3O6S/c1-3-33-20(15-5-4-13(6-9-24(28,29)30)10-16(15)39-22(26)27)18(25)19(32-33)21(35)31-12-23(36)8-7-14(11-17(23)34)40(2,37)38/h4-5,10,14,17,22,34,36H,3,6-9,11-12H2,1-2H3,(H,31,35). The lowest BCUT2D eigenvalue weighted by atomic mass is 9.82. The zero-order valence-electron chi connectivity index (χ0n) is 21.5. The van der Waals surface area contributed by atoms with Crippen LogP contribution >= 0.6 is 11.6 Å². The van der Waals surface area contributed by atoms with Crippen LogP contribution in [0.3, 0.4) is 0 Å². The second kappa shape index (κ2) is 12.2. The van der Waals surface area contributed by atoms with Gasteiger partial charge in [-0.1, -0.05) is 17.7 Å². The lowest BCUT2D eigenvalue weighted by molar-refractivity contribution is -0.134. The van der Waals surface area contributed by atoms with Crippen LogP contribution in [0.5, 0.6) is 5.75 Å². The molecule has 3 atom stereocenters. The molecule has 0 aliphatic heterocycles. The molecule has 224 valence electrons. The third-order valence-electron chi connectivity index (χ3n) is 6.79. The predicted molar refractivity (Wildman–Crippen MR) is 135 cm³/mol. The lowest BCUT2D eigenvalue weighted by Crippen LogP contribution is -2.56. The number of carbonyl (C=O) groups is 1. The number of hydrogen-bond donors (Lipinski definition) is 3. The van der Waals surface area contributed by atoms with Crippen LogP contribution in [0, 0.1) is 0 Å². The molecule has 0 saturated heterocycles. The number of halogens is 6. The van der Waals surface area contributed by atoms with Crippen LogP contribution in [0.1, 0.15) is 48.7 Å². The highest BCUT2D eigenvalue weighted by molar-refractivity contribution is 7.91. The number of alkyl halides is 5. The summed E-state index contributed by atoms with van der Waals surface area (Å²) in [6, 6.07) is 3.59. The average Bonchev–Trinajstić information content (AvgIpc) is 3.18. The van der Waals surface area contributed by atoms with Crippen molar-refractivity contribution >= 4 is 27.3 Å². The minimum atomic E-state index is -4.45. The van der Waals surface area contributed by atoms with Gasteiger partial charge in [0, 0.05) is 31.3 Å². The molecule has 1 heterocycles. The number of aryl methyl sites for hydroxylation is 2. The fourth-order valence-corrected chi connectivity index (χ4v) is 5.95. The minimum Gasteiger partial charge on any atom is -0.434 e. The second-order valence-corrected chi connectivity index (χ2v) is 12.4. The Bertz CT molecular complexity index is 1340. The Kier molecular flexibility index (Phi) is 9.74. The number of sulfone groups is 1. The molecule has 0 radical (unpaired) electrons. The van der Waals surface area contributed by atoms with Gasteiger partial charge in [0.25, 0.3) is 5.91 Å². The van der Waals surface area contributed by atoms with E-state index in [1.54, 1.807) is 6.92 Å². The molecular weight excluding hydrogens is 589 g/mol. The van der Waals surface area contributed by atoms with Gasteiger partial charge in [-0.05, 0) is 50.3 Å². The number of aliphatic hydroxyl groups is 2. The van der Waals surface area contributed by atoms with Crippen LogP contribution in [0.4, 0.5) is 22.0 Å². The van der Waals surface area contributed by atoms with Gasteiger partial charge in [-0.25, -0.2) is 8.42 Å². The van der Waals surface area contributed by atoms with Crippen LogP contribution in [0.25, 0.3) is 11.3 Å². The van der Waals surface area contributed by atoms with Gasteiger partial charge in [0.05, 0.1) is 22.1 Å². The fraction of sp³-hybridized carbons (Fsp3) is 0.583. The Balaban J connectivity index is 1.87. The van der Waals surface area contributed by atoms with Crippen molar-refractivity contribution in [2.45, 2.75) is 75.3 Å². The van der Waals surface area contributed by atoms with Gasteiger partial charge >= 0.3 is 12.8 Å². The molecule has 3 N–H and O–H groups in total. The third kappa shape index (κ3) is 7.62. The van der Waals surface area contributed by atoms with Crippen molar-refractivity contribution in [1.29, 1.82) is 0 Å².